The lowest BCUT2D eigenvalue weighted by Gasteiger charge is -2.50. The molecule has 4 heteroatoms. The molecular weight excluding hydrogens is 266 g/mol. The molecule has 112 valence electrons. The maximum atomic E-state index is 9.57. The summed E-state index contributed by atoms with van der Waals surface area (Å²) < 4.78 is 16.5. The molecule has 1 aromatic rings. The molecule has 3 rings (SSSR count). The van der Waals surface area contributed by atoms with E-state index in [0.717, 1.165) is 23.8 Å². The Morgan fingerprint density at radius 1 is 1.14 bits per heavy atom. The van der Waals surface area contributed by atoms with E-state index in [1.54, 1.807) is 14.2 Å². The highest BCUT2D eigenvalue weighted by Crippen LogP contribution is 2.52. The average molecular weight is 287 g/mol. The van der Waals surface area contributed by atoms with Gasteiger partial charge in [0.1, 0.15) is 5.75 Å². The zero-order valence-electron chi connectivity index (χ0n) is 12.6. The second kappa shape index (κ2) is 5.32. The standard InChI is InChI=1S/C17H21NO3/c1-19-17(20-2)10-16(11-17,12-18)14-5-7-15(8-6-14)21-9-13-3-4-13/h5-8,13H,3-4,9-11H2,1-2H3. The summed E-state index contributed by atoms with van der Waals surface area (Å²) >= 11 is 0. The lowest BCUT2D eigenvalue weighted by atomic mass is 9.61. The average Bonchev–Trinajstić information content (AvgIpc) is 3.31. The van der Waals surface area contributed by atoms with E-state index < -0.39 is 11.2 Å². The largest absolute Gasteiger partial charge is 0.493 e. The summed E-state index contributed by atoms with van der Waals surface area (Å²) in [6.07, 6.45) is 3.69. The van der Waals surface area contributed by atoms with Gasteiger partial charge >= 0.3 is 0 Å². The third kappa shape index (κ3) is 2.64. The van der Waals surface area contributed by atoms with Crippen molar-refractivity contribution in [2.75, 3.05) is 20.8 Å². The van der Waals surface area contributed by atoms with Crippen LogP contribution in [0, 0.1) is 17.2 Å². The van der Waals surface area contributed by atoms with Crippen LogP contribution in [0.25, 0.3) is 0 Å². The number of nitriles is 1. The quantitative estimate of drug-likeness (QED) is 0.755. The summed E-state index contributed by atoms with van der Waals surface area (Å²) in [7, 11) is 3.25. The number of hydrogen-bond acceptors (Lipinski definition) is 4. The molecule has 1 aromatic carbocycles. The van der Waals surface area contributed by atoms with Gasteiger partial charge in [-0.15, -0.1) is 0 Å². The molecule has 0 atom stereocenters. The lowest BCUT2D eigenvalue weighted by Crippen LogP contribution is -2.56. The molecule has 0 amide bonds. The molecule has 2 aliphatic carbocycles. The topological polar surface area (TPSA) is 51.5 Å². The Morgan fingerprint density at radius 3 is 2.24 bits per heavy atom. The van der Waals surface area contributed by atoms with Crippen LogP contribution in [0.2, 0.25) is 0 Å². The van der Waals surface area contributed by atoms with Gasteiger partial charge in [-0.25, -0.2) is 0 Å². The maximum Gasteiger partial charge on any atom is 0.171 e. The number of benzene rings is 1. The van der Waals surface area contributed by atoms with Gasteiger partial charge < -0.3 is 14.2 Å². The van der Waals surface area contributed by atoms with E-state index in [0.29, 0.717) is 12.8 Å². The van der Waals surface area contributed by atoms with Crippen molar-refractivity contribution in [1.82, 2.24) is 0 Å². The fourth-order valence-corrected chi connectivity index (χ4v) is 2.96. The van der Waals surface area contributed by atoms with Crippen molar-refractivity contribution in [3.8, 4) is 11.8 Å². The molecular formula is C17H21NO3. The summed E-state index contributed by atoms with van der Waals surface area (Å²) in [5.41, 5.74) is 0.495. The monoisotopic (exact) mass is 287 g/mol. The van der Waals surface area contributed by atoms with Gasteiger partial charge in [0.2, 0.25) is 0 Å². The first kappa shape index (κ1) is 14.4. The normalized spacial score (nSPS) is 22.1. The summed E-state index contributed by atoms with van der Waals surface area (Å²) in [4.78, 5) is 0. The molecule has 0 N–H and O–H groups in total. The van der Waals surface area contributed by atoms with Gasteiger partial charge in [0.05, 0.1) is 18.1 Å². The number of ether oxygens (including phenoxy) is 3. The summed E-state index contributed by atoms with van der Waals surface area (Å²) in [5.74, 6) is 1.00. The van der Waals surface area contributed by atoms with Gasteiger partial charge in [0.25, 0.3) is 0 Å². The van der Waals surface area contributed by atoms with Gasteiger partial charge in [-0.2, -0.15) is 5.26 Å². The van der Waals surface area contributed by atoms with Crippen molar-refractivity contribution < 1.29 is 14.2 Å². The van der Waals surface area contributed by atoms with Gasteiger partial charge in [0.15, 0.2) is 5.79 Å². The number of hydrogen-bond donors (Lipinski definition) is 0. The van der Waals surface area contributed by atoms with E-state index in [1.807, 2.05) is 24.3 Å². The molecule has 2 fully saturated rings. The Balaban J connectivity index is 1.69. The minimum Gasteiger partial charge on any atom is -0.493 e. The third-order valence-corrected chi connectivity index (χ3v) is 4.69. The molecule has 0 unspecified atom stereocenters. The van der Waals surface area contributed by atoms with Crippen LogP contribution in [-0.4, -0.2) is 26.6 Å². The second-order valence-corrected chi connectivity index (χ2v) is 6.15. The van der Waals surface area contributed by atoms with Crippen LogP contribution >= 0.6 is 0 Å². The predicted octanol–water partition coefficient (Wildman–Crippen LogP) is 3.02. The van der Waals surface area contributed by atoms with E-state index in [2.05, 4.69) is 6.07 Å². The Hall–Kier alpha value is -1.57. The fourth-order valence-electron chi connectivity index (χ4n) is 2.96. The Kier molecular flexibility index (Phi) is 3.64. The van der Waals surface area contributed by atoms with Gasteiger partial charge in [-0.1, -0.05) is 12.1 Å². The lowest BCUT2D eigenvalue weighted by molar-refractivity contribution is -0.269. The van der Waals surface area contributed by atoms with E-state index in [1.165, 1.54) is 12.8 Å². The molecule has 4 nitrogen and oxygen atoms in total. The number of methoxy groups -OCH3 is 2. The number of rotatable bonds is 6. The summed E-state index contributed by atoms with van der Waals surface area (Å²) in [6, 6.07) is 10.3. The Labute approximate surface area is 125 Å². The van der Waals surface area contributed by atoms with Crippen LogP contribution in [0.4, 0.5) is 0 Å². The highest BCUT2D eigenvalue weighted by atomic mass is 16.7. The van der Waals surface area contributed by atoms with E-state index >= 15 is 0 Å². The first-order chi connectivity index (χ1) is 10.2. The van der Waals surface area contributed by atoms with Crippen LogP contribution in [0.15, 0.2) is 24.3 Å². The molecule has 0 aliphatic heterocycles. The van der Waals surface area contributed by atoms with Gasteiger partial charge in [-0.3, -0.25) is 0 Å². The van der Waals surface area contributed by atoms with Crippen molar-refractivity contribution >= 4 is 0 Å². The van der Waals surface area contributed by atoms with Crippen LogP contribution < -0.4 is 4.74 Å². The van der Waals surface area contributed by atoms with Crippen LogP contribution in [0.3, 0.4) is 0 Å². The van der Waals surface area contributed by atoms with E-state index in [4.69, 9.17) is 14.2 Å². The Bertz CT molecular complexity index is 530. The molecule has 0 spiro atoms. The van der Waals surface area contributed by atoms with Gasteiger partial charge in [0, 0.05) is 27.1 Å². The first-order valence-electron chi connectivity index (χ1n) is 7.40. The van der Waals surface area contributed by atoms with Crippen molar-refractivity contribution in [3.05, 3.63) is 29.8 Å². The molecule has 0 bridgehead atoms. The molecule has 0 radical (unpaired) electrons. The van der Waals surface area contributed by atoms with Crippen molar-refractivity contribution in [2.24, 2.45) is 5.92 Å². The minimum absolute atomic E-state index is 0.513. The number of nitrogens with zero attached hydrogens (tertiary/aromatic N) is 1. The SMILES string of the molecule is COC1(OC)CC(C#N)(c2ccc(OCC3CC3)cc2)C1. The highest BCUT2D eigenvalue weighted by Gasteiger charge is 2.57. The van der Waals surface area contributed by atoms with E-state index in [-0.39, 0.29) is 0 Å². The molecule has 21 heavy (non-hydrogen) atoms. The zero-order valence-corrected chi connectivity index (χ0v) is 12.6. The summed E-state index contributed by atoms with van der Waals surface area (Å²) in [5, 5.41) is 9.57. The minimum atomic E-state index is -0.614. The van der Waals surface area contributed by atoms with Crippen LogP contribution in [0.5, 0.6) is 5.75 Å². The molecule has 2 aliphatic rings. The zero-order chi connectivity index (χ0) is 14.9. The van der Waals surface area contributed by atoms with E-state index in [9.17, 15) is 5.26 Å². The first-order valence-corrected chi connectivity index (χ1v) is 7.40. The molecule has 0 aromatic heterocycles. The van der Waals surface area contributed by atoms with Gasteiger partial charge in [-0.05, 0) is 36.5 Å². The summed E-state index contributed by atoms with van der Waals surface area (Å²) in [6.45, 7) is 0.805. The van der Waals surface area contributed by atoms with Crippen LogP contribution in [-0.2, 0) is 14.9 Å². The smallest absolute Gasteiger partial charge is 0.171 e. The van der Waals surface area contributed by atoms with Crippen molar-refractivity contribution in [2.45, 2.75) is 36.9 Å². The molecule has 2 saturated carbocycles. The van der Waals surface area contributed by atoms with Crippen molar-refractivity contribution in [1.29, 1.82) is 5.26 Å². The molecule has 0 heterocycles. The second-order valence-electron chi connectivity index (χ2n) is 6.15. The molecule has 0 saturated heterocycles. The maximum absolute atomic E-state index is 9.57. The fraction of sp³-hybridized carbons (Fsp3) is 0.588. The Morgan fingerprint density at radius 2 is 1.76 bits per heavy atom. The predicted molar refractivity (Wildman–Crippen MR) is 77.9 cm³/mol. The highest BCUT2D eigenvalue weighted by molar-refractivity contribution is 5.40. The third-order valence-electron chi connectivity index (χ3n) is 4.69. The van der Waals surface area contributed by atoms with Crippen LogP contribution in [0.1, 0.15) is 31.2 Å². The van der Waals surface area contributed by atoms with Crippen molar-refractivity contribution in [3.63, 3.8) is 0 Å².